The highest BCUT2D eigenvalue weighted by molar-refractivity contribution is 6.30. The third-order valence-electron chi connectivity index (χ3n) is 4.02. The van der Waals surface area contributed by atoms with Gasteiger partial charge in [0.05, 0.1) is 30.1 Å². The summed E-state index contributed by atoms with van der Waals surface area (Å²) < 4.78 is 4.69. The van der Waals surface area contributed by atoms with Crippen LogP contribution in [0.1, 0.15) is 26.3 Å². The van der Waals surface area contributed by atoms with E-state index in [0.717, 1.165) is 11.3 Å². The van der Waals surface area contributed by atoms with Gasteiger partial charge in [-0.25, -0.2) is 4.79 Å². The van der Waals surface area contributed by atoms with Crippen LogP contribution in [0.5, 0.6) is 0 Å². The Morgan fingerprint density at radius 1 is 1.00 bits per heavy atom. The van der Waals surface area contributed by atoms with E-state index in [-0.39, 0.29) is 5.91 Å². The maximum atomic E-state index is 12.6. The Kier molecular flexibility index (Phi) is 5.91. The molecule has 3 aromatic rings. The van der Waals surface area contributed by atoms with E-state index in [0.29, 0.717) is 27.5 Å². The Bertz CT molecular complexity index is 1040. The second kappa shape index (κ2) is 8.54. The summed E-state index contributed by atoms with van der Waals surface area (Å²) in [5.41, 5.74) is 3.70. The van der Waals surface area contributed by atoms with Crippen molar-refractivity contribution in [2.75, 3.05) is 17.7 Å². The van der Waals surface area contributed by atoms with E-state index in [2.05, 4.69) is 15.6 Å². The zero-order chi connectivity index (χ0) is 20.1. The maximum absolute atomic E-state index is 12.6. The molecule has 0 bridgehead atoms. The Morgan fingerprint density at radius 2 is 1.79 bits per heavy atom. The highest BCUT2D eigenvalue weighted by Gasteiger charge is 2.11. The van der Waals surface area contributed by atoms with Crippen LogP contribution in [0.25, 0.3) is 0 Å². The zero-order valence-electron chi connectivity index (χ0n) is 15.3. The van der Waals surface area contributed by atoms with Gasteiger partial charge in [-0.1, -0.05) is 23.7 Å². The van der Waals surface area contributed by atoms with Gasteiger partial charge in [-0.3, -0.25) is 9.78 Å². The van der Waals surface area contributed by atoms with Gasteiger partial charge in [-0.05, 0) is 48.9 Å². The number of rotatable bonds is 5. The van der Waals surface area contributed by atoms with Crippen LogP contribution >= 0.6 is 11.6 Å². The number of aryl methyl sites for hydroxylation is 1. The number of carbonyl (C=O) groups is 2. The molecule has 0 saturated carbocycles. The SMILES string of the molecule is COC(=O)c1cccc(NC(=O)c2cncc(Nc3cc(Cl)ccc3C)c2)c1. The molecular formula is C21H18ClN3O3. The van der Waals surface area contributed by atoms with Crippen LogP contribution in [0.4, 0.5) is 17.1 Å². The summed E-state index contributed by atoms with van der Waals surface area (Å²) in [6.45, 7) is 1.96. The molecule has 0 spiro atoms. The average molecular weight is 396 g/mol. The normalized spacial score (nSPS) is 10.2. The molecule has 1 aromatic heterocycles. The van der Waals surface area contributed by atoms with Crippen LogP contribution in [0.15, 0.2) is 60.9 Å². The second-order valence-electron chi connectivity index (χ2n) is 6.07. The number of nitrogens with one attached hydrogen (secondary N) is 2. The fraction of sp³-hybridized carbons (Fsp3) is 0.0952. The summed E-state index contributed by atoms with van der Waals surface area (Å²) in [5, 5.41) is 6.58. The quantitative estimate of drug-likeness (QED) is 0.605. The first-order valence-corrected chi connectivity index (χ1v) is 8.82. The fourth-order valence-electron chi connectivity index (χ4n) is 2.56. The van der Waals surface area contributed by atoms with Crippen molar-refractivity contribution in [1.29, 1.82) is 0 Å². The highest BCUT2D eigenvalue weighted by atomic mass is 35.5. The van der Waals surface area contributed by atoms with Gasteiger partial charge < -0.3 is 15.4 Å². The molecule has 0 radical (unpaired) electrons. The van der Waals surface area contributed by atoms with E-state index < -0.39 is 5.97 Å². The first kappa shape index (κ1) is 19.4. The van der Waals surface area contributed by atoms with E-state index in [9.17, 15) is 9.59 Å². The number of carbonyl (C=O) groups excluding carboxylic acids is 2. The number of amides is 1. The molecule has 0 aliphatic heterocycles. The van der Waals surface area contributed by atoms with E-state index in [1.165, 1.54) is 13.3 Å². The van der Waals surface area contributed by atoms with Crippen LogP contribution in [-0.4, -0.2) is 24.0 Å². The lowest BCUT2D eigenvalue weighted by molar-refractivity contribution is 0.0600. The van der Waals surface area contributed by atoms with Crippen molar-refractivity contribution in [3.8, 4) is 0 Å². The van der Waals surface area contributed by atoms with Crippen molar-refractivity contribution in [3.63, 3.8) is 0 Å². The number of hydrogen-bond acceptors (Lipinski definition) is 5. The van der Waals surface area contributed by atoms with Crippen molar-refractivity contribution >= 4 is 40.5 Å². The molecule has 0 saturated heterocycles. The topological polar surface area (TPSA) is 80.3 Å². The fourth-order valence-corrected chi connectivity index (χ4v) is 2.73. The van der Waals surface area contributed by atoms with Gasteiger partial charge in [-0.2, -0.15) is 0 Å². The van der Waals surface area contributed by atoms with Crippen LogP contribution in [-0.2, 0) is 4.74 Å². The van der Waals surface area contributed by atoms with Gasteiger partial charge in [0.1, 0.15) is 0 Å². The van der Waals surface area contributed by atoms with Crippen molar-refractivity contribution < 1.29 is 14.3 Å². The van der Waals surface area contributed by atoms with Crippen LogP contribution in [0.3, 0.4) is 0 Å². The van der Waals surface area contributed by atoms with Crippen LogP contribution < -0.4 is 10.6 Å². The molecule has 7 heteroatoms. The number of hydrogen-bond donors (Lipinski definition) is 2. The van der Waals surface area contributed by atoms with Gasteiger partial charge in [0, 0.05) is 22.6 Å². The van der Waals surface area contributed by atoms with Crippen molar-refractivity contribution in [3.05, 3.63) is 82.6 Å². The van der Waals surface area contributed by atoms with Gasteiger partial charge in [0.25, 0.3) is 5.91 Å². The molecule has 1 amide bonds. The number of methoxy groups -OCH3 is 1. The Labute approximate surface area is 167 Å². The molecule has 0 aliphatic carbocycles. The summed E-state index contributed by atoms with van der Waals surface area (Å²) >= 11 is 6.05. The van der Waals surface area contributed by atoms with Crippen molar-refractivity contribution in [2.24, 2.45) is 0 Å². The first-order valence-electron chi connectivity index (χ1n) is 8.44. The number of esters is 1. The molecule has 0 aliphatic rings. The largest absolute Gasteiger partial charge is 0.465 e. The molecule has 0 unspecified atom stereocenters. The first-order chi connectivity index (χ1) is 13.5. The Hall–Kier alpha value is -3.38. The van der Waals surface area contributed by atoms with Crippen molar-refractivity contribution in [2.45, 2.75) is 6.92 Å². The predicted octanol–water partition coefficient (Wildman–Crippen LogP) is 4.83. The molecule has 2 aromatic carbocycles. The molecule has 0 atom stereocenters. The molecule has 1 heterocycles. The minimum Gasteiger partial charge on any atom is -0.465 e. The molecule has 2 N–H and O–H groups in total. The number of ether oxygens (including phenoxy) is 1. The summed E-state index contributed by atoms with van der Waals surface area (Å²) in [4.78, 5) is 28.3. The Morgan fingerprint density at radius 3 is 2.57 bits per heavy atom. The third kappa shape index (κ3) is 4.66. The zero-order valence-corrected chi connectivity index (χ0v) is 16.1. The summed E-state index contributed by atoms with van der Waals surface area (Å²) in [6.07, 6.45) is 3.09. The molecule has 0 fully saturated rings. The van der Waals surface area contributed by atoms with E-state index >= 15 is 0 Å². The van der Waals surface area contributed by atoms with Crippen molar-refractivity contribution in [1.82, 2.24) is 4.98 Å². The van der Waals surface area contributed by atoms with E-state index in [4.69, 9.17) is 16.3 Å². The van der Waals surface area contributed by atoms with Gasteiger partial charge in [0.2, 0.25) is 0 Å². The standard InChI is InChI=1S/C21H18ClN3O3/c1-13-6-7-16(22)10-19(13)24-18-9-15(11-23-12-18)20(26)25-17-5-3-4-14(8-17)21(27)28-2/h3-12,24H,1-2H3,(H,25,26). The van der Waals surface area contributed by atoms with Gasteiger partial charge >= 0.3 is 5.97 Å². The summed E-state index contributed by atoms with van der Waals surface area (Å²) in [7, 11) is 1.30. The molecule has 6 nitrogen and oxygen atoms in total. The summed E-state index contributed by atoms with van der Waals surface area (Å²) in [5.74, 6) is -0.818. The molecule has 142 valence electrons. The molecular weight excluding hydrogens is 378 g/mol. The smallest absolute Gasteiger partial charge is 0.337 e. The summed E-state index contributed by atoms with van der Waals surface area (Å²) in [6, 6.07) is 13.7. The monoisotopic (exact) mass is 395 g/mol. The molecule has 28 heavy (non-hydrogen) atoms. The number of anilines is 3. The highest BCUT2D eigenvalue weighted by Crippen LogP contribution is 2.24. The number of nitrogens with zero attached hydrogens (tertiary/aromatic N) is 1. The van der Waals surface area contributed by atoms with Crippen LogP contribution in [0.2, 0.25) is 5.02 Å². The lowest BCUT2D eigenvalue weighted by Gasteiger charge is -2.11. The van der Waals surface area contributed by atoms with Crippen LogP contribution in [0, 0.1) is 6.92 Å². The Balaban J connectivity index is 1.77. The number of aromatic nitrogens is 1. The maximum Gasteiger partial charge on any atom is 0.337 e. The number of halogens is 1. The molecule has 3 rings (SSSR count). The van der Waals surface area contributed by atoms with Gasteiger partial charge in [-0.15, -0.1) is 0 Å². The minimum atomic E-state index is -0.471. The van der Waals surface area contributed by atoms with E-state index in [1.54, 1.807) is 36.5 Å². The van der Waals surface area contributed by atoms with E-state index in [1.807, 2.05) is 25.1 Å². The lowest BCUT2D eigenvalue weighted by atomic mass is 10.1. The average Bonchev–Trinajstić information content (AvgIpc) is 2.70. The number of benzene rings is 2. The number of pyridine rings is 1. The van der Waals surface area contributed by atoms with Gasteiger partial charge in [0.15, 0.2) is 0 Å². The third-order valence-corrected chi connectivity index (χ3v) is 4.26. The minimum absolute atomic E-state index is 0.346. The predicted molar refractivity (Wildman–Crippen MR) is 109 cm³/mol. The lowest BCUT2D eigenvalue weighted by Crippen LogP contribution is -2.13. The second-order valence-corrected chi connectivity index (χ2v) is 6.51.